The summed E-state index contributed by atoms with van der Waals surface area (Å²) in [6, 6.07) is 13.9. The molecule has 1 N–H and O–H groups in total. The molecule has 2 aromatic rings. The number of hydrogen-bond acceptors (Lipinski definition) is 2. The van der Waals surface area contributed by atoms with E-state index < -0.39 is 0 Å². The molecule has 2 aromatic carbocycles. The van der Waals surface area contributed by atoms with E-state index in [1.807, 2.05) is 25.2 Å². The van der Waals surface area contributed by atoms with Crippen LogP contribution in [0.5, 0.6) is 0 Å². The molecule has 0 unspecified atom stereocenters. The maximum Gasteiger partial charge on any atom is 0.147 e. The molecule has 1 heterocycles. The van der Waals surface area contributed by atoms with Gasteiger partial charge in [-0.25, -0.2) is 4.39 Å². The molecular weight excluding hydrogens is 263 g/mol. The highest BCUT2D eigenvalue weighted by atomic mass is 19.1. The Labute approximate surface area is 125 Å². The normalized spacial score (nSPS) is 14.7. The number of rotatable bonds is 3. The molecule has 0 aliphatic carbocycles. The zero-order valence-corrected chi connectivity index (χ0v) is 12.4. The number of benzene rings is 2. The van der Waals surface area contributed by atoms with Gasteiger partial charge in [-0.2, -0.15) is 0 Å². The number of nitrogens with one attached hydrogen (secondary N) is 1. The third kappa shape index (κ3) is 2.93. The Kier molecular flexibility index (Phi) is 4.20. The van der Waals surface area contributed by atoms with Gasteiger partial charge in [0.15, 0.2) is 0 Å². The molecule has 0 amide bonds. The average molecular weight is 284 g/mol. The van der Waals surface area contributed by atoms with E-state index in [-0.39, 0.29) is 5.82 Å². The van der Waals surface area contributed by atoms with Gasteiger partial charge in [0, 0.05) is 18.8 Å². The predicted octanol–water partition coefficient (Wildman–Crippen LogP) is 4.02. The average Bonchev–Trinajstić information content (AvgIpc) is 2.70. The van der Waals surface area contributed by atoms with Crippen LogP contribution in [-0.2, 0) is 13.0 Å². The first-order valence-corrected chi connectivity index (χ1v) is 7.58. The van der Waals surface area contributed by atoms with E-state index in [0.717, 1.165) is 37.1 Å². The van der Waals surface area contributed by atoms with Gasteiger partial charge in [-0.15, -0.1) is 0 Å². The smallest absolute Gasteiger partial charge is 0.147 e. The van der Waals surface area contributed by atoms with Crippen LogP contribution in [0.1, 0.15) is 24.0 Å². The SMILES string of the molecule is CNCc1ccc(N2CCCCc3ccccc32)c(F)c1. The van der Waals surface area contributed by atoms with E-state index in [2.05, 4.69) is 28.4 Å². The fraction of sp³-hybridized carbons (Fsp3) is 0.333. The number of fused-ring (bicyclic) bond motifs is 1. The van der Waals surface area contributed by atoms with Crippen molar-refractivity contribution < 1.29 is 4.39 Å². The van der Waals surface area contributed by atoms with Crippen molar-refractivity contribution in [3.63, 3.8) is 0 Å². The maximum atomic E-state index is 14.5. The Morgan fingerprint density at radius 3 is 2.76 bits per heavy atom. The van der Waals surface area contributed by atoms with Crippen LogP contribution in [0.25, 0.3) is 0 Å². The van der Waals surface area contributed by atoms with Gasteiger partial charge >= 0.3 is 0 Å². The lowest BCUT2D eigenvalue weighted by Gasteiger charge is -2.25. The second kappa shape index (κ2) is 6.27. The molecule has 0 aromatic heterocycles. The van der Waals surface area contributed by atoms with Crippen molar-refractivity contribution in [2.75, 3.05) is 18.5 Å². The molecule has 2 nitrogen and oxygen atoms in total. The Balaban J connectivity index is 2.00. The number of para-hydroxylation sites is 1. The van der Waals surface area contributed by atoms with Crippen LogP contribution in [0.3, 0.4) is 0 Å². The van der Waals surface area contributed by atoms with Gasteiger partial charge in [-0.3, -0.25) is 0 Å². The Morgan fingerprint density at radius 2 is 1.95 bits per heavy atom. The molecule has 1 aliphatic rings. The summed E-state index contributed by atoms with van der Waals surface area (Å²) < 4.78 is 14.5. The molecule has 0 saturated heterocycles. The molecule has 0 radical (unpaired) electrons. The van der Waals surface area contributed by atoms with Crippen LogP contribution in [0.2, 0.25) is 0 Å². The summed E-state index contributed by atoms with van der Waals surface area (Å²) in [6.07, 6.45) is 3.32. The van der Waals surface area contributed by atoms with Crippen molar-refractivity contribution in [3.8, 4) is 0 Å². The quantitative estimate of drug-likeness (QED) is 0.915. The second-order valence-corrected chi connectivity index (χ2v) is 5.55. The topological polar surface area (TPSA) is 15.3 Å². The van der Waals surface area contributed by atoms with Crippen molar-refractivity contribution in [1.82, 2.24) is 5.32 Å². The first-order chi connectivity index (χ1) is 10.3. The summed E-state index contributed by atoms with van der Waals surface area (Å²) in [7, 11) is 1.87. The van der Waals surface area contributed by atoms with Crippen molar-refractivity contribution in [2.45, 2.75) is 25.8 Å². The highest BCUT2D eigenvalue weighted by Crippen LogP contribution is 2.34. The van der Waals surface area contributed by atoms with Gasteiger partial charge in [0.1, 0.15) is 5.82 Å². The molecule has 3 heteroatoms. The third-order valence-corrected chi connectivity index (χ3v) is 4.04. The molecule has 0 atom stereocenters. The molecule has 0 spiro atoms. The minimum Gasteiger partial charge on any atom is -0.339 e. The summed E-state index contributed by atoms with van der Waals surface area (Å²) in [6.45, 7) is 1.56. The van der Waals surface area contributed by atoms with Gasteiger partial charge in [0.05, 0.1) is 5.69 Å². The first kappa shape index (κ1) is 14.1. The number of aryl methyl sites for hydroxylation is 1. The van der Waals surface area contributed by atoms with E-state index in [0.29, 0.717) is 12.2 Å². The molecule has 0 fully saturated rings. The van der Waals surface area contributed by atoms with Crippen LogP contribution >= 0.6 is 0 Å². The molecule has 21 heavy (non-hydrogen) atoms. The van der Waals surface area contributed by atoms with Crippen LogP contribution in [0.4, 0.5) is 15.8 Å². The first-order valence-electron chi connectivity index (χ1n) is 7.58. The Bertz CT molecular complexity index is 624. The van der Waals surface area contributed by atoms with Gasteiger partial charge in [-0.1, -0.05) is 24.3 Å². The molecule has 0 saturated carbocycles. The molecule has 1 aliphatic heterocycles. The highest BCUT2D eigenvalue weighted by molar-refractivity contribution is 5.67. The summed E-state index contributed by atoms with van der Waals surface area (Å²) in [5.41, 5.74) is 4.12. The lowest BCUT2D eigenvalue weighted by Crippen LogP contribution is -2.19. The fourth-order valence-electron chi connectivity index (χ4n) is 3.02. The van der Waals surface area contributed by atoms with E-state index in [9.17, 15) is 4.39 Å². The van der Waals surface area contributed by atoms with Gasteiger partial charge in [-0.05, 0) is 55.6 Å². The molecular formula is C18H21FN2. The van der Waals surface area contributed by atoms with Crippen molar-refractivity contribution in [3.05, 3.63) is 59.4 Å². The summed E-state index contributed by atoms with van der Waals surface area (Å²) in [5, 5.41) is 3.06. The van der Waals surface area contributed by atoms with Crippen LogP contribution in [-0.4, -0.2) is 13.6 Å². The van der Waals surface area contributed by atoms with Crippen molar-refractivity contribution >= 4 is 11.4 Å². The molecule has 110 valence electrons. The van der Waals surface area contributed by atoms with Crippen LogP contribution in [0, 0.1) is 5.82 Å². The second-order valence-electron chi connectivity index (χ2n) is 5.55. The number of halogens is 1. The van der Waals surface area contributed by atoms with Gasteiger partial charge in [0.2, 0.25) is 0 Å². The Morgan fingerprint density at radius 1 is 1.10 bits per heavy atom. The lowest BCUT2D eigenvalue weighted by molar-refractivity contribution is 0.619. The van der Waals surface area contributed by atoms with E-state index in [4.69, 9.17) is 0 Å². The van der Waals surface area contributed by atoms with Crippen molar-refractivity contribution in [2.24, 2.45) is 0 Å². The van der Waals surface area contributed by atoms with Crippen molar-refractivity contribution in [1.29, 1.82) is 0 Å². The zero-order valence-electron chi connectivity index (χ0n) is 12.4. The van der Waals surface area contributed by atoms with E-state index in [1.165, 1.54) is 5.56 Å². The summed E-state index contributed by atoms with van der Waals surface area (Å²) >= 11 is 0. The van der Waals surface area contributed by atoms with Gasteiger partial charge in [0.25, 0.3) is 0 Å². The zero-order chi connectivity index (χ0) is 14.7. The fourth-order valence-corrected chi connectivity index (χ4v) is 3.02. The summed E-state index contributed by atoms with van der Waals surface area (Å²) in [4.78, 5) is 2.13. The monoisotopic (exact) mass is 284 g/mol. The van der Waals surface area contributed by atoms with E-state index >= 15 is 0 Å². The summed E-state index contributed by atoms with van der Waals surface area (Å²) in [5.74, 6) is -0.139. The highest BCUT2D eigenvalue weighted by Gasteiger charge is 2.19. The number of nitrogens with zero attached hydrogens (tertiary/aromatic N) is 1. The maximum absolute atomic E-state index is 14.5. The standard InChI is InChI=1S/C18H21FN2/c1-20-13-14-9-10-18(16(19)12-14)21-11-5-4-7-15-6-2-3-8-17(15)21/h2-3,6,8-10,12,20H,4-5,7,11,13H2,1H3. The Hall–Kier alpha value is -1.87. The molecule has 3 rings (SSSR count). The lowest BCUT2D eigenvalue weighted by atomic mass is 10.1. The number of anilines is 2. The third-order valence-electron chi connectivity index (χ3n) is 4.04. The van der Waals surface area contributed by atoms with E-state index in [1.54, 1.807) is 6.07 Å². The largest absolute Gasteiger partial charge is 0.339 e. The van der Waals surface area contributed by atoms with Crippen LogP contribution < -0.4 is 10.2 Å². The number of hydrogen-bond donors (Lipinski definition) is 1. The molecule has 0 bridgehead atoms. The minimum atomic E-state index is -0.139. The minimum absolute atomic E-state index is 0.139. The predicted molar refractivity (Wildman–Crippen MR) is 85.5 cm³/mol. The van der Waals surface area contributed by atoms with Gasteiger partial charge < -0.3 is 10.2 Å². The van der Waals surface area contributed by atoms with Crippen LogP contribution in [0.15, 0.2) is 42.5 Å².